The molecule has 1 saturated carbocycles. The zero-order valence-electron chi connectivity index (χ0n) is 11.5. The van der Waals surface area contributed by atoms with Crippen LogP contribution >= 0.6 is 11.6 Å². The number of hydrogen-bond acceptors (Lipinski definition) is 3. The molecule has 1 saturated heterocycles. The first-order valence-electron chi connectivity index (χ1n) is 7.26. The van der Waals surface area contributed by atoms with Crippen LogP contribution in [0.4, 0.5) is 5.69 Å². The number of anilines is 1. The van der Waals surface area contributed by atoms with Crippen LogP contribution in [-0.2, 0) is 11.3 Å². The molecule has 108 valence electrons. The molecule has 4 nitrogen and oxygen atoms in total. The van der Waals surface area contributed by atoms with Crippen molar-refractivity contribution >= 4 is 23.2 Å². The van der Waals surface area contributed by atoms with E-state index in [4.69, 9.17) is 11.6 Å². The van der Waals surface area contributed by atoms with Gasteiger partial charge >= 0.3 is 0 Å². The summed E-state index contributed by atoms with van der Waals surface area (Å²) >= 11 is 6.36. The Morgan fingerprint density at radius 2 is 2.25 bits per heavy atom. The lowest BCUT2D eigenvalue weighted by Gasteiger charge is -2.25. The van der Waals surface area contributed by atoms with E-state index < -0.39 is 0 Å². The van der Waals surface area contributed by atoms with Crippen LogP contribution in [0.1, 0.15) is 24.8 Å². The summed E-state index contributed by atoms with van der Waals surface area (Å²) in [5, 5.41) is 7.20. The quantitative estimate of drug-likeness (QED) is 0.891. The van der Waals surface area contributed by atoms with Gasteiger partial charge in [0.15, 0.2) is 0 Å². The second kappa shape index (κ2) is 6.02. The molecule has 0 unspecified atom stereocenters. The topological polar surface area (TPSA) is 44.4 Å². The van der Waals surface area contributed by atoms with E-state index >= 15 is 0 Å². The fourth-order valence-electron chi connectivity index (χ4n) is 2.56. The molecular formula is C15H20ClN3O. The Balaban J connectivity index is 1.82. The Kier molecular flexibility index (Phi) is 4.13. The van der Waals surface area contributed by atoms with Gasteiger partial charge in [0.05, 0.1) is 6.54 Å². The van der Waals surface area contributed by atoms with Gasteiger partial charge in [0.1, 0.15) is 0 Å². The standard InChI is InChI=1S/C15H20ClN3O/c16-13-3-1-4-14(12(13)9-18-11-5-6-11)19-8-2-7-17-15(20)10-19/h1,3-4,11,18H,2,5-10H2,(H,17,20). The molecule has 1 heterocycles. The maximum atomic E-state index is 11.7. The van der Waals surface area contributed by atoms with Crippen molar-refractivity contribution in [2.75, 3.05) is 24.5 Å². The molecule has 1 amide bonds. The molecule has 1 aliphatic carbocycles. The van der Waals surface area contributed by atoms with Gasteiger partial charge in [0, 0.05) is 41.9 Å². The Hall–Kier alpha value is -1.26. The molecule has 0 radical (unpaired) electrons. The second-order valence-corrected chi connectivity index (χ2v) is 5.92. The molecule has 5 heteroatoms. The lowest BCUT2D eigenvalue weighted by molar-refractivity contribution is -0.119. The number of nitrogens with one attached hydrogen (secondary N) is 2. The third-order valence-corrected chi connectivity index (χ3v) is 4.20. The fourth-order valence-corrected chi connectivity index (χ4v) is 2.80. The number of amides is 1. The zero-order valence-corrected chi connectivity index (χ0v) is 12.2. The van der Waals surface area contributed by atoms with E-state index in [1.807, 2.05) is 12.1 Å². The van der Waals surface area contributed by atoms with E-state index in [1.54, 1.807) is 0 Å². The molecule has 3 rings (SSSR count). The maximum absolute atomic E-state index is 11.7. The van der Waals surface area contributed by atoms with Crippen molar-refractivity contribution in [2.45, 2.75) is 31.8 Å². The van der Waals surface area contributed by atoms with Crippen LogP contribution in [0.25, 0.3) is 0 Å². The predicted molar refractivity (Wildman–Crippen MR) is 81.2 cm³/mol. The molecule has 0 bridgehead atoms. The summed E-state index contributed by atoms with van der Waals surface area (Å²) in [5.74, 6) is 0.0866. The zero-order chi connectivity index (χ0) is 13.9. The van der Waals surface area contributed by atoms with Crippen LogP contribution in [0.5, 0.6) is 0 Å². The average molecular weight is 294 g/mol. The number of hydrogen-bond donors (Lipinski definition) is 2. The monoisotopic (exact) mass is 293 g/mol. The highest BCUT2D eigenvalue weighted by atomic mass is 35.5. The second-order valence-electron chi connectivity index (χ2n) is 5.52. The van der Waals surface area contributed by atoms with Crippen LogP contribution in [0, 0.1) is 0 Å². The van der Waals surface area contributed by atoms with E-state index in [9.17, 15) is 4.79 Å². The van der Waals surface area contributed by atoms with Crippen molar-refractivity contribution in [1.29, 1.82) is 0 Å². The molecular weight excluding hydrogens is 274 g/mol. The Labute approximate surface area is 124 Å². The molecule has 1 aromatic rings. The third kappa shape index (κ3) is 3.25. The van der Waals surface area contributed by atoms with Gasteiger partial charge in [-0.25, -0.2) is 0 Å². The number of carbonyl (C=O) groups is 1. The number of benzene rings is 1. The van der Waals surface area contributed by atoms with Gasteiger partial charge in [-0.15, -0.1) is 0 Å². The highest BCUT2D eigenvalue weighted by Gasteiger charge is 2.23. The minimum absolute atomic E-state index is 0.0866. The largest absolute Gasteiger partial charge is 0.362 e. The summed E-state index contributed by atoms with van der Waals surface area (Å²) in [5.41, 5.74) is 2.19. The van der Waals surface area contributed by atoms with E-state index in [1.165, 1.54) is 12.8 Å². The van der Waals surface area contributed by atoms with Crippen LogP contribution in [0.2, 0.25) is 5.02 Å². The highest BCUT2D eigenvalue weighted by molar-refractivity contribution is 6.31. The van der Waals surface area contributed by atoms with Crippen LogP contribution in [0.15, 0.2) is 18.2 Å². The normalized spacial score (nSPS) is 19.6. The lowest BCUT2D eigenvalue weighted by Crippen LogP contribution is -2.34. The molecule has 2 fully saturated rings. The van der Waals surface area contributed by atoms with Gasteiger partial charge < -0.3 is 15.5 Å². The summed E-state index contributed by atoms with van der Waals surface area (Å²) in [6.07, 6.45) is 3.48. The van der Waals surface area contributed by atoms with Crippen molar-refractivity contribution in [1.82, 2.24) is 10.6 Å². The van der Waals surface area contributed by atoms with Gasteiger partial charge in [-0.3, -0.25) is 4.79 Å². The van der Waals surface area contributed by atoms with Crippen molar-refractivity contribution < 1.29 is 4.79 Å². The molecule has 0 aromatic heterocycles. The molecule has 1 aliphatic heterocycles. The smallest absolute Gasteiger partial charge is 0.239 e. The molecule has 2 N–H and O–H groups in total. The number of nitrogens with zero attached hydrogens (tertiary/aromatic N) is 1. The van der Waals surface area contributed by atoms with Gasteiger partial charge in [-0.1, -0.05) is 17.7 Å². The summed E-state index contributed by atoms with van der Waals surface area (Å²) in [6, 6.07) is 6.59. The number of halogens is 1. The van der Waals surface area contributed by atoms with Crippen LogP contribution < -0.4 is 15.5 Å². The molecule has 20 heavy (non-hydrogen) atoms. The fraction of sp³-hybridized carbons (Fsp3) is 0.533. The van der Waals surface area contributed by atoms with Crippen LogP contribution in [-0.4, -0.2) is 31.6 Å². The van der Waals surface area contributed by atoms with Gasteiger partial charge in [-0.2, -0.15) is 0 Å². The predicted octanol–water partition coefficient (Wildman–Crippen LogP) is 1.92. The third-order valence-electron chi connectivity index (χ3n) is 3.84. The number of rotatable bonds is 4. The summed E-state index contributed by atoms with van der Waals surface area (Å²) in [6.45, 7) is 2.83. The first-order valence-corrected chi connectivity index (χ1v) is 7.64. The van der Waals surface area contributed by atoms with Crippen molar-refractivity contribution in [3.63, 3.8) is 0 Å². The van der Waals surface area contributed by atoms with Crippen molar-refractivity contribution in [3.8, 4) is 0 Å². The van der Waals surface area contributed by atoms with Gasteiger partial charge in [0.25, 0.3) is 0 Å². The van der Waals surface area contributed by atoms with E-state index in [0.29, 0.717) is 12.6 Å². The van der Waals surface area contributed by atoms with E-state index in [-0.39, 0.29) is 5.91 Å². The Morgan fingerprint density at radius 3 is 3.05 bits per heavy atom. The summed E-state index contributed by atoms with van der Waals surface area (Å²) in [7, 11) is 0. The molecule has 1 aromatic carbocycles. The first-order chi connectivity index (χ1) is 9.74. The van der Waals surface area contributed by atoms with E-state index in [0.717, 1.165) is 42.3 Å². The molecule has 0 spiro atoms. The lowest BCUT2D eigenvalue weighted by atomic mass is 10.1. The van der Waals surface area contributed by atoms with Gasteiger partial charge in [0.2, 0.25) is 5.91 Å². The van der Waals surface area contributed by atoms with Crippen molar-refractivity contribution in [2.24, 2.45) is 0 Å². The van der Waals surface area contributed by atoms with Crippen molar-refractivity contribution in [3.05, 3.63) is 28.8 Å². The van der Waals surface area contributed by atoms with E-state index in [2.05, 4.69) is 21.6 Å². The number of carbonyl (C=O) groups excluding carboxylic acids is 1. The Bertz CT molecular complexity index is 502. The van der Waals surface area contributed by atoms with Crippen LogP contribution in [0.3, 0.4) is 0 Å². The highest BCUT2D eigenvalue weighted by Crippen LogP contribution is 2.29. The van der Waals surface area contributed by atoms with Gasteiger partial charge in [-0.05, 0) is 31.4 Å². The SMILES string of the molecule is O=C1CN(c2cccc(Cl)c2CNC2CC2)CCCN1. The summed E-state index contributed by atoms with van der Waals surface area (Å²) in [4.78, 5) is 13.9. The maximum Gasteiger partial charge on any atom is 0.239 e. The molecule has 2 aliphatic rings. The Morgan fingerprint density at radius 1 is 1.40 bits per heavy atom. The minimum Gasteiger partial charge on any atom is -0.362 e. The molecule has 0 atom stereocenters. The first kappa shape index (κ1) is 13.7. The minimum atomic E-state index is 0.0866. The summed E-state index contributed by atoms with van der Waals surface area (Å²) < 4.78 is 0. The average Bonchev–Trinajstić information content (AvgIpc) is 3.25.